The molecule has 0 aromatic rings. The summed E-state index contributed by atoms with van der Waals surface area (Å²) in [5.74, 6) is 2.33. The van der Waals surface area contributed by atoms with Crippen LogP contribution in [0.15, 0.2) is 0 Å². The van der Waals surface area contributed by atoms with Crippen LogP contribution < -0.4 is 0 Å². The van der Waals surface area contributed by atoms with Gasteiger partial charge in [0, 0.05) is 24.1 Å². The predicted octanol–water partition coefficient (Wildman–Crippen LogP) is 1.01. The quantitative estimate of drug-likeness (QED) is 0.581. The van der Waals surface area contributed by atoms with Crippen LogP contribution in [-0.4, -0.2) is 41.3 Å². The summed E-state index contributed by atoms with van der Waals surface area (Å²) in [6.45, 7) is 5.22. The van der Waals surface area contributed by atoms with E-state index in [0.29, 0.717) is 6.04 Å². The van der Waals surface area contributed by atoms with Crippen LogP contribution in [0, 0.1) is 0 Å². The minimum absolute atomic E-state index is 0.103. The van der Waals surface area contributed by atoms with E-state index in [-0.39, 0.29) is 6.04 Å². The number of aldehydes is 1. The van der Waals surface area contributed by atoms with Crippen LogP contribution in [0.5, 0.6) is 0 Å². The highest BCUT2D eigenvalue weighted by molar-refractivity contribution is 7.99. The van der Waals surface area contributed by atoms with Crippen molar-refractivity contribution in [2.75, 3.05) is 18.1 Å². The van der Waals surface area contributed by atoms with Crippen molar-refractivity contribution >= 4 is 18.0 Å². The molecular formula is C8H15NOS. The Morgan fingerprint density at radius 1 is 1.73 bits per heavy atom. The normalized spacial score (nSPS) is 29.8. The van der Waals surface area contributed by atoms with E-state index in [1.54, 1.807) is 0 Å². The van der Waals surface area contributed by atoms with Gasteiger partial charge in [-0.1, -0.05) is 0 Å². The minimum atomic E-state index is 0.103. The van der Waals surface area contributed by atoms with Gasteiger partial charge in [0.25, 0.3) is 0 Å². The van der Waals surface area contributed by atoms with Gasteiger partial charge in [-0.05, 0) is 13.8 Å². The van der Waals surface area contributed by atoms with Crippen LogP contribution in [0.25, 0.3) is 0 Å². The maximum atomic E-state index is 10.5. The van der Waals surface area contributed by atoms with Crippen molar-refractivity contribution in [2.24, 2.45) is 0 Å². The van der Waals surface area contributed by atoms with E-state index in [4.69, 9.17) is 0 Å². The van der Waals surface area contributed by atoms with Crippen LogP contribution in [0.1, 0.15) is 13.8 Å². The standard InChI is InChI=1S/C8H15NOS/c1-7(5-10)9-3-4-11-6-8(9)2/h5,7-8H,3-4,6H2,1-2H3. The Hall–Kier alpha value is -0.0200. The average Bonchev–Trinajstić information content (AvgIpc) is 2.04. The first-order chi connectivity index (χ1) is 5.25. The predicted molar refractivity (Wildman–Crippen MR) is 49.0 cm³/mol. The largest absolute Gasteiger partial charge is 0.302 e. The number of hydrogen-bond donors (Lipinski definition) is 0. The second-order valence-electron chi connectivity index (χ2n) is 3.04. The van der Waals surface area contributed by atoms with E-state index < -0.39 is 0 Å². The lowest BCUT2D eigenvalue weighted by atomic mass is 10.2. The average molecular weight is 173 g/mol. The number of thioether (sulfide) groups is 1. The summed E-state index contributed by atoms with van der Waals surface area (Å²) in [6, 6.07) is 0.667. The molecule has 1 rings (SSSR count). The molecule has 3 heteroatoms. The fourth-order valence-corrected chi connectivity index (χ4v) is 2.46. The first-order valence-electron chi connectivity index (χ1n) is 4.04. The van der Waals surface area contributed by atoms with Crippen molar-refractivity contribution in [1.29, 1.82) is 0 Å². The zero-order valence-electron chi connectivity index (χ0n) is 7.12. The fraction of sp³-hybridized carbons (Fsp3) is 0.875. The zero-order chi connectivity index (χ0) is 8.27. The maximum Gasteiger partial charge on any atom is 0.136 e. The van der Waals surface area contributed by atoms with Gasteiger partial charge in [0.05, 0.1) is 6.04 Å². The van der Waals surface area contributed by atoms with Crippen molar-refractivity contribution in [3.05, 3.63) is 0 Å². The Labute approximate surface area is 72.3 Å². The molecule has 0 spiro atoms. The number of nitrogens with zero attached hydrogens (tertiary/aromatic N) is 1. The van der Waals surface area contributed by atoms with Gasteiger partial charge in [-0.2, -0.15) is 11.8 Å². The molecule has 64 valence electrons. The molecule has 0 bridgehead atoms. The van der Waals surface area contributed by atoms with Gasteiger partial charge in [0.2, 0.25) is 0 Å². The van der Waals surface area contributed by atoms with Gasteiger partial charge in [-0.25, -0.2) is 0 Å². The van der Waals surface area contributed by atoms with Crippen LogP contribution in [-0.2, 0) is 4.79 Å². The topological polar surface area (TPSA) is 20.3 Å². The number of carbonyl (C=O) groups is 1. The van der Waals surface area contributed by atoms with Crippen molar-refractivity contribution < 1.29 is 4.79 Å². The van der Waals surface area contributed by atoms with Gasteiger partial charge >= 0.3 is 0 Å². The van der Waals surface area contributed by atoms with Crippen LogP contribution >= 0.6 is 11.8 Å². The van der Waals surface area contributed by atoms with E-state index in [9.17, 15) is 4.79 Å². The van der Waals surface area contributed by atoms with E-state index >= 15 is 0 Å². The molecule has 1 aliphatic rings. The number of carbonyl (C=O) groups excluding carboxylic acids is 1. The fourth-order valence-electron chi connectivity index (χ4n) is 1.42. The Bertz CT molecular complexity index is 140. The molecule has 1 fully saturated rings. The highest BCUT2D eigenvalue weighted by Crippen LogP contribution is 2.17. The molecule has 2 unspecified atom stereocenters. The molecule has 1 saturated heterocycles. The van der Waals surface area contributed by atoms with Gasteiger partial charge in [0.15, 0.2) is 0 Å². The van der Waals surface area contributed by atoms with Crippen molar-refractivity contribution in [3.63, 3.8) is 0 Å². The van der Waals surface area contributed by atoms with Gasteiger partial charge < -0.3 is 4.79 Å². The third kappa shape index (κ3) is 2.20. The second-order valence-corrected chi connectivity index (χ2v) is 4.19. The molecule has 0 N–H and O–H groups in total. The summed E-state index contributed by atoms with van der Waals surface area (Å²) in [5.41, 5.74) is 0. The third-order valence-corrected chi connectivity index (χ3v) is 3.33. The molecule has 0 saturated carbocycles. The summed E-state index contributed by atoms with van der Waals surface area (Å²) >= 11 is 1.98. The molecule has 1 heterocycles. The first kappa shape index (κ1) is 9.07. The summed E-state index contributed by atoms with van der Waals surface area (Å²) < 4.78 is 0. The molecule has 0 aromatic heterocycles. The molecule has 1 aliphatic heterocycles. The van der Waals surface area contributed by atoms with Crippen LogP contribution in [0.3, 0.4) is 0 Å². The monoisotopic (exact) mass is 173 g/mol. The Morgan fingerprint density at radius 2 is 2.45 bits per heavy atom. The molecule has 11 heavy (non-hydrogen) atoms. The summed E-state index contributed by atoms with van der Waals surface area (Å²) in [5, 5.41) is 0. The number of rotatable bonds is 2. The third-order valence-electron chi connectivity index (χ3n) is 2.14. The second kappa shape index (κ2) is 4.12. The molecule has 0 aliphatic carbocycles. The van der Waals surface area contributed by atoms with E-state index in [1.807, 2.05) is 18.7 Å². The SMILES string of the molecule is CC(C=O)N1CCSCC1C. The molecule has 0 radical (unpaired) electrons. The Morgan fingerprint density at radius 3 is 3.00 bits per heavy atom. The van der Waals surface area contributed by atoms with Crippen molar-refractivity contribution in [3.8, 4) is 0 Å². The number of hydrogen-bond acceptors (Lipinski definition) is 3. The molecule has 0 aromatic carbocycles. The lowest BCUT2D eigenvalue weighted by Crippen LogP contribution is -2.46. The Kier molecular flexibility index (Phi) is 3.40. The highest BCUT2D eigenvalue weighted by atomic mass is 32.2. The maximum absolute atomic E-state index is 10.5. The van der Waals surface area contributed by atoms with Gasteiger partial charge in [0.1, 0.15) is 6.29 Å². The van der Waals surface area contributed by atoms with Crippen LogP contribution in [0.4, 0.5) is 0 Å². The minimum Gasteiger partial charge on any atom is -0.302 e. The summed E-state index contributed by atoms with van der Waals surface area (Å²) in [4.78, 5) is 12.8. The smallest absolute Gasteiger partial charge is 0.136 e. The summed E-state index contributed by atoms with van der Waals surface area (Å²) in [6.07, 6.45) is 1.03. The van der Waals surface area contributed by atoms with E-state index in [2.05, 4.69) is 11.8 Å². The molecule has 2 nitrogen and oxygen atoms in total. The van der Waals surface area contributed by atoms with Crippen molar-refractivity contribution in [1.82, 2.24) is 4.90 Å². The molecular weight excluding hydrogens is 158 g/mol. The lowest BCUT2D eigenvalue weighted by Gasteiger charge is -2.35. The van der Waals surface area contributed by atoms with Crippen molar-refractivity contribution in [2.45, 2.75) is 25.9 Å². The van der Waals surface area contributed by atoms with E-state index in [0.717, 1.165) is 18.6 Å². The highest BCUT2D eigenvalue weighted by Gasteiger charge is 2.22. The summed E-state index contributed by atoms with van der Waals surface area (Å²) in [7, 11) is 0. The Balaban J connectivity index is 2.46. The van der Waals surface area contributed by atoms with Crippen LogP contribution in [0.2, 0.25) is 0 Å². The zero-order valence-corrected chi connectivity index (χ0v) is 7.93. The lowest BCUT2D eigenvalue weighted by molar-refractivity contribution is -0.112. The molecule has 0 amide bonds. The van der Waals surface area contributed by atoms with Gasteiger partial charge in [-0.3, -0.25) is 4.90 Å². The van der Waals surface area contributed by atoms with E-state index in [1.165, 1.54) is 5.75 Å². The van der Waals surface area contributed by atoms with Gasteiger partial charge in [-0.15, -0.1) is 0 Å². The molecule has 2 atom stereocenters. The first-order valence-corrected chi connectivity index (χ1v) is 5.20.